The Morgan fingerprint density at radius 1 is 1.17 bits per heavy atom. The Labute approximate surface area is 120 Å². The fraction of sp³-hybridized carbons (Fsp3) is 0.214. The van der Waals surface area contributed by atoms with Crippen molar-refractivity contribution in [1.29, 1.82) is 0 Å². The maximum absolute atomic E-state index is 12.1. The van der Waals surface area contributed by atoms with Gasteiger partial charge in [0.25, 0.3) is 0 Å². The van der Waals surface area contributed by atoms with Crippen molar-refractivity contribution in [2.45, 2.75) is 19.8 Å². The largest absolute Gasteiger partial charge is 0.293 e. The van der Waals surface area contributed by atoms with Crippen LogP contribution < -0.4 is 0 Å². The quantitative estimate of drug-likeness (QED) is 0.723. The van der Waals surface area contributed by atoms with Crippen LogP contribution in [0.4, 0.5) is 0 Å². The summed E-state index contributed by atoms with van der Waals surface area (Å²) in [6.07, 6.45) is 1.32. The number of carbonyl (C=O) groups excluding carboxylic acids is 1. The zero-order valence-electron chi connectivity index (χ0n) is 9.87. The van der Waals surface area contributed by atoms with Crippen molar-refractivity contribution < 1.29 is 4.79 Å². The first-order valence-electron chi connectivity index (χ1n) is 5.66. The lowest BCUT2D eigenvalue weighted by atomic mass is 10.1. The summed E-state index contributed by atoms with van der Waals surface area (Å²) in [5.41, 5.74) is 0.890. The number of hydrogen-bond acceptors (Lipinski definition) is 2. The molecule has 0 fully saturated rings. The van der Waals surface area contributed by atoms with Gasteiger partial charge in [0.1, 0.15) is 0 Å². The zero-order valence-corrected chi connectivity index (χ0v) is 12.2. The van der Waals surface area contributed by atoms with Crippen LogP contribution in [0.25, 0.3) is 0 Å². The molecule has 0 amide bonds. The Morgan fingerprint density at radius 3 is 2.56 bits per heavy atom. The van der Waals surface area contributed by atoms with Crippen LogP contribution in [-0.4, -0.2) is 5.78 Å². The maximum Gasteiger partial charge on any atom is 0.177 e. The van der Waals surface area contributed by atoms with E-state index >= 15 is 0 Å². The second kappa shape index (κ2) is 5.87. The van der Waals surface area contributed by atoms with Crippen LogP contribution in [0.1, 0.15) is 27.0 Å². The summed E-state index contributed by atoms with van der Waals surface area (Å²) < 4.78 is 0. The zero-order chi connectivity index (χ0) is 13.1. The Balaban J connectivity index is 2.13. The van der Waals surface area contributed by atoms with Crippen LogP contribution in [0.3, 0.4) is 0 Å². The lowest BCUT2D eigenvalue weighted by Crippen LogP contribution is -2.00. The van der Waals surface area contributed by atoms with Gasteiger partial charge in [-0.15, -0.1) is 11.3 Å². The molecule has 0 spiro atoms. The van der Waals surface area contributed by atoms with E-state index in [1.807, 2.05) is 18.2 Å². The van der Waals surface area contributed by atoms with E-state index in [0.29, 0.717) is 16.5 Å². The maximum atomic E-state index is 12.1. The van der Waals surface area contributed by atoms with Crippen molar-refractivity contribution in [3.8, 4) is 0 Å². The van der Waals surface area contributed by atoms with Gasteiger partial charge in [-0.1, -0.05) is 36.2 Å². The smallest absolute Gasteiger partial charge is 0.177 e. The van der Waals surface area contributed by atoms with Crippen molar-refractivity contribution in [2.75, 3.05) is 0 Å². The number of ketones is 1. The molecule has 1 aromatic carbocycles. The molecule has 0 saturated carbocycles. The summed E-state index contributed by atoms with van der Waals surface area (Å²) >= 11 is 13.3. The van der Waals surface area contributed by atoms with Gasteiger partial charge in [0.2, 0.25) is 0 Å². The number of carbonyl (C=O) groups is 1. The SMILES string of the molecule is CCc1ccc(C(=O)Cc2ccc(Cl)c(Cl)c2)s1. The Morgan fingerprint density at radius 2 is 1.94 bits per heavy atom. The van der Waals surface area contributed by atoms with E-state index in [-0.39, 0.29) is 5.78 Å². The number of Topliss-reactive ketones (excluding diaryl/α,β-unsaturated/α-hetero) is 1. The predicted octanol–water partition coefficient (Wildman–Crippen LogP) is 5.04. The van der Waals surface area contributed by atoms with Crippen LogP contribution >= 0.6 is 34.5 Å². The van der Waals surface area contributed by atoms with E-state index < -0.39 is 0 Å². The van der Waals surface area contributed by atoms with Gasteiger partial charge in [0.05, 0.1) is 14.9 Å². The van der Waals surface area contributed by atoms with Crippen LogP contribution in [0.15, 0.2) is 30.3 Å². The Hall–Kier alpha value is -0.830. The fourth-order valence-corrected chi connectivity index (χ4v) is 2.85. The normalized spacial score (nSPS) is 10.6. The predicted molar refractivity (Wildman–Crippen MR) is 78.2 cm³/mol. The van der Waals surface area contributed by atoms with Gasteiger partial charge < -0.3 is 0 Å². The summed E-state index contributed by atoms with van der Waals surface area (Å²) in [4.78, 5) is 14.1. The van der Waals surface area contributed by atoms with Crippen molar-refractivity contribution in [3.05, 3.63) is 55.7 Å². The van der Waals surface area contributed by atoms with Crippen LogP contribution in [0, 0.1) is 0 Å². The molecule has 2 aromatic rings. The van der Waals surface area contributed by atoms with Crippen LogP contribution in [-0.2, 0) is 12.8 Å². The monoisotopic (exact) mass is 298 g/mol. The lowest BCUT2D eigenvalue weighted by Gasteiger charge is -2.01. The highest BCUT2D eigenvalue weighted by molar-refractivity contribution is 7.14. The number of halogens is 2. The van der Waals surface area contributed by atoms with E-state index in [2.05, 4.69) is 6.92 Å². The molecule has 18 heavy (non-hydrogen) atoms. The minimum atomic E-state index is 0.123. The van der Waals surface area contributed by atoms with Crippen molar-refractivity contribution in [2.24, 2.45) is 0 Å². The van der Waals surface area contributed by atoms with E-state index in [9.17, 15) is 4.79 Å². The number of rotatable bonds is 4. The second-order valence-corrected chi connectivity index (χ2v) is 5.95. The molecule has 4 heteroatoms. The molecule has 0 atom stereocenters. The molecule has 0 aliphatic carbocycles. The Kier molecular flexibility index (Phi) is 4.44. The van der Waals surface area contributed by atoms with Gasteiger partial charge in [0, 0.05) is 11.3 Å². The summed E-state index contributed by atoms with van der Waals surface area (Å²) in [5, 5.41) is 1.000. The van der Waals surface area contributed by atoms with Gasteiger partial charge in [-0.05, 0) is 36.2 Å². The molecule has 0 bridgehead atoms. The van der Waals surface area contributed by atoms with Crippen molar-refractivity contribution in [1.82, 2.24) is 0 Å². The summed E-state index contributed by atoms with van der Waals surface area (Å²) in [6, 6.07) is 9.20. The fourth-order valence-electron chi connectivity index (χ4n) is 1.64. The van der Waals surface area contributed by atoms with Gasteiger partial charge in [-0.2, -0.15) is 0 Å². The lowest BCUT2D eigenvalue weighted by molar-refractivity contribution is 0.0997. The second-order valence-electron chi connectivity index (χ2n) is 3.97. The first kappa shape index (κ1) is 13.6. The minimum Gasteiger partial charge on any atom is -0.293 e. The molecule has 1 aromatic heterocycles. The topological polar surface area (TPSA) is 17.1 Å². The third kappa shape index (κ3) is 3.14. The molecular formula is C14H12Cl2OS. The number of aryl methyl sites for hydroxylation is 1. The van der Waals surface area contributed by atoms with Crippen LogP contribution in [0.2, 0.25) is 10.0 Å². The molecule has 0 radical (unpaired) electrons. The molecule has 0 saturated heterocycles. The van der Waals surface area contributed by atoms with Crippen LogP contribution in [0.5, 0.6) is 0 Å². The highest BCUT2D eigenvalue weighted by Gasteiger charge is 2.10. The van der Waals surface area contributed by atoms with Crippen molar-refractivity contribution in [3.63, 3.8) is 0 Å². The molecule has 2 rings (SSSR count). The highest BCUT2D eigenvalue weighted by Crippen LogP contribution is 2.24. The molecule has 0 unspecified atom stereocenters. The Bertz CT molecular complexity index is 575. The number of benzene rings is 1. The molecule has 0 N–H and O–H groups in total. The average molecular weight is 299 g/mol. The van der Waals surface area contributed by atoms with E-state index in [0.717, 1.165) is 16.9 Å². The molecule has 94 valence electrons. The molecule has 1 nitrogen and oxygen atoms in total. The van der Waals surface area contributed by atoms with Gasteiger partial charge in [-0.25, -0.2) is 0 Å². The average Bonchev–Trinajstić information content (AvgIpc) is 2.82. The molecular weight excluding hydrogens is 287 g/mol. The summed E-state index contributed by atoms with van der Waals surface area (Å²) in [5.74, 6) is 0.123. The van der Waals surface area contributed by atoms with Gasteiger partial charge in [0.15, 0.2) is 5.78 Å². The van der Waals surface area contributed by atoms with Crippen molar-refractivity contribution >= 4 is 40.3 Å². The number of hydrogen-bond donors (Lipinski definition) is 0. The first-order chi connectivity index (χ1) is 8.60. The molecule has 1 heterocycles. The standard InChI is InChI=1S/C14H12Cl2OS/c1-2-10-4-6-14(18-10)13(17)8-9-3-5-11(15)12(16)7-9/h3-7H,2,8H2,1H3. The number of thiophene rings is 1. The minimum absolute atomic E-state index is 0.123. The van der Waals surface area contributed by atoms with Gasteiger partial charge in [-0.3, -0.25) is 4.79 Å². The summed E-state index contributed by atoms with van der Waals surface area (Å²) in [7, 11) is 0. The molecule has 0 aliphatic rings. The summed E-state index contributed by atoms with van der Waals surface area (Å²) in [6.45, 7) is 2.08. The van der Waals surface area contributed by atoms with E-state index in [4.69, 9.17) is 23.2 Å². The van der Waals surface area contributed by atoms with E-state index in [1.165, 1.54) is 4.88 Å². The molecule has 0 aliphatic heterocycles. The highest BCUT2D eigenvalue weighted by atomic mass is 35.5. The van der Waals surface area contributed by atoms with E-state index in [1.54, 1.807) is 23.5 Å². The third-order valence-corrected chi connectivity index (χ3v) is 4.64. The van der Waals surface area contributed by atoms with Gasteiger partial charge >= 0.3 is 0 Å². The third-order valence-electron chi connectivity index (χ3n) is 2.63. The first-order valence-corrected chi connectivity index (χ1v) is 7.23.